The first-order valence-electron chi connectivity index (χ1n) is 29.2. The molecule has 2 aliphatic rings. The molecule has 0 saturated heterocycles. The smallest absolute Gasteiger partial charge is 0.454 e. The van der Waals surface area contributed by atoms with Gasteiger partial charge >= 0.3 is 12.1 Å². The lowest BCUT2D eigenvalue weighted by atomic mass is 9.55. The second-order valence-electron chi connectivity index (χ2n) is 25.5. The van der Waals surface area contributed by atoms with Crippen LogP contribution < -0.4 is 9.80 Å². The lowest BCUT2D eigenvalue weighted by molar-refractivity contribution is -0.289. The summed E-state index contributed by atoms with van der Waals surface area (Å²) in [5, 5.41) is 3.53. The van der Waals surface area contributed by atoms with E-state index in [1.807, 2.05) is 48.5 Å². The predicted molar refractivity (Wildman–Crippen MR) is 337 cm³/mol. The van der Waals surface area contributed by atoms with Gasteiger partial charge in [0, 0.05) is 55.1 Å². The van der Waals surface area contributed by atoms with Gasteiger partial charge in [0.1, 0.15) is 11.2 Å². The van der Waals surface area contributed by atoms with Gasteiger partial charge in [0.25, 0.3) is 0 Å². The second-order valence-corrected chi connectivity index (χ2v) is 25.5. The Labute approximate surface area is 491 Å². The maximum Gasteiger partial charge on any atom is 0.458 e. The first kappa shape index (κ1) is 54.0. The van der Waals surface area contributed by atoms with Gasteiger partial charge < -0.3 is 18.6 Å². The highest BCUT2D eigenvalue weighted by Gasteiger charge is 2.60. The van der Waals surface area contributed by atoms with Crippen molar-refractivity contribution in [3.05, 3.63) is 262 Å². The molecule has 424 valence electrons. The third-order valence-corrected chi connectivity index (χ3v) is 18.2. The summed E-state index contributed by atoms with van der Waals surface area (Å²) in [4.78, 5) is 3.87. The number of rotatable bonds is 8. The highest BCUT2D eigenvalue weighted by Crippen LogP contribution is 2.64. The minimum atomic E-state index is -5.91. The van der Waals surface area contributed by atoms with E-state index in [1.54, 1.807) is 11.0 Å². The zero-order valence-corrected chi connectivity index (χ0v) is 48.9. The molecule has 10 aromatic carbocycles. The summed E-state index contributed by atoms with van der Waals surface area (Å²) in [5.41, 5.74) is 13.5. The number of hydrogen-bond donors (Lipinski definition) is 0. The predicted octanol–water partition coefficient (Wildman–Crippen LogP) is 22.2. The Balaban J connectivity index is 1.08. The van der Waals surface area contributed by atoms with Gasteiger partial charge in [-0.2, -0.15) is 22.0 Å². The fourth-order valence-corrected chi connectivity index (χ4v) is 14.2. The standard InChI is InChI=1S/C76H63F5N2O2/c1-10-45-23-11-17-35-63(45)82(65-37-21-26-52-50-24-19-33-59(71(2,3)4)67(50)84-69(52)65)46-39-41-48-49-42-40-47(44-62(49)74(61(48)43-46)56-30-14-12-28-54(56)73(8,9)55-29-13-15-31-57(55)74)83(64-36-18-16-32-58(64)75(77,78)76(79,80)81)66-38-22-27-53-51-25-20-34-60(72(5,6)7)68(51)85-70(53)66/h11-44H,10H2,1-9H3. The van der Waals surface area contributed by atoms with Crippen LogP contribution in [-0.4, -0.2) is 6.18 Å². The number of fused-ring (bicyclic) bond motifs is 15. The largest absolute Gasteiger partial charge is 0.458 e. The average molecular weight is 1130 g/mol. The van der Waals surface area contributed by atoms with Crippen LogP contribution in [0, 0.1) is 0 Å². The van der Waals surface area contributed by atoms with Crippen molar-refractivity contribution in [2.75, 3.05) is 9.80 Å². The van der Waals surface area contributed by atoms with E-state index < -0.39 is 28.5 Å². The van der Waals surface area contributed by atoms with Crippen molar-refractivity contribution in [1.82, 2.24) is 0 Å². The maximum absolute atomic E-state index is 16.5. The lowest BCUT2D eigenvalue weighted by Gasteiger charge is -2.47. The molecule has 0 unspecified atom stereocenters. The van der Waals surface area contributed by atoms with Crippen molar-refractivity contribution >= 4 is 78.0 Å². The number of benzene rings is 10. The van der Waals surface area contributed by atoms with Crippen molar-refractivity contribution in [3.8, 4) is 11.1 Å². The summed E-state index contributed by atoms with van der Waals surface area (Å²) in [6.07, 6.45) is -5.16. The number of anilines is 6. The zero-order chi connectivity index (χ0) is 59.3. The molecular weight excluding hydrogens is 1070 g/mol. The molecule has 0 amide bonds. The molecule has 0 saturated carbocycles. The van der Waals surface area contributed by atoms with Crippen LogP contribution >= 0.6 is 0 Å². The summed E-state index contributed by atoms with van der Waals surface area (Å²) >= 11 is 0. The van der Waals surface area contributed by atoms with E-state index in [-0.39, 0.29) is 16.5 Å². The third-order valence-electron chi connectivity index (χ3n) is 18.2. The Morgan fingerprint density at radius 3 is 1.21 bits per heavy atom. The van der Waals surface area contributed by atoms with Crippen LogP contribution in [0.15, 0.2) is 215 Å². The number of para-hydroxylation sites is 6. The minimum absolute atomic E-state index is 0.197. The van der Waals surface area contributed by atoms with Gasteiger partial charge in [-0.1, -0.05) is 220 Å². The molecule has 4 nitrogen and oxygen atoms in total. The summed E-state index contributed by atoms with van der Waals surface area (Å²) < 4.78 is 92.0. The number of nitrogens with zero attached hydrogens (tertiary/aromatic N) is 2. The normalized spacial score (nSPS) is 14.5. The number of hydrogen-bond acceptors (Lipinski definition) is 4. The highest BCUT2D eigenvalue weighted by atomic mass is 19.4. The van der Waals surface area contributed by atoms with Crippen LogP contribution in [0.25, 0.3) is 55.0 Å². The zero-order valence-electron chi connectivity index (χ0n) is 48.9. The summed E-state index contributed by atoms with van der Waals surface area (Å²) in [6.45, 7) is 19.6. The fraction of sp³-hybridized carbons (Fsp3) is 0.211. The second kappa shape index (κ2) is 18.8. The minimum Gasteiger partial charge on any atom is -0.454 e. The van der Waals surface area contributed by atoms with Crippen LogP contribution in [0.2, 0.25) is 0 Å². The molecule has 85 heavy (non-hydrogen) atoms. The molecule has 9 heteroatoms. The molecule has 0 N–H and O–H groups in total. The van der Waals surface area contributed by atoms with E-state index >= 15 is 8.78 Å². The van der Waals surface area contributed by atoms with Crippen molar-refractivity contribution in [3.63, 3.8) is 0 Å². The Hall–Kier alpha value is -8.95. The first-order chi connectivity index (χ1) is 40.6. The van der Waals surface area contributed by atoms with Gasteiger partial charge in [0.05, 0.1) is 28.0 Å². The molecule has 0 radical (unpaired) electrons. The summed E-state index contributed by atoms with van der Waals surface area (Å²) in [5.74, 6) is -5.25. The van der Waals surface area contributed by atoms with Gasteiger partial charge in [0.2, 0.25) is 0 Å². The number of aryl methyl sites for hydroxylation is 1. The molecule has 0 fully saturated rings. The van der Waals surface area contributed by atoms with E-state index in [9.17, 15) is 13.2 Å². The molecule has 2 heterocycles. The van der Waals surface area contributed by atoms with E-state index in [1.165, 1.54) is 18.2 Å². The molecule has 0 bridgehead atoms. The third kappa shape index (κ3) is 7.84. The van der Waals surface area contributed by atoms with Crippen LogP contribution in [0.4, 0.5) is 56.1 Å². The number of halogens is 5. The van der Waals surface area contributed by atoms with Gasteiger partial charge in [-0.05, 0) is 116 Å². The molecule has 0 aliphatic heterocycles. The van der Waals surface area contributed by atoms with Crippen molar-refractivity contribution < 1.29 is 30.8 Å². The van der Waals surface area contributed by atoms with Crippen LogP contribution in [0.3, 0.4) is 0 Å². The van der Waals surface area contributed by atoms with E-state index in [4.69, 9.17) is 8.83 Å². The van der Waals surface area contributed by atoms with E-state index in [0.717, 1.165) is 118 Å². The molecule has 2 aromatic heterocycles. The molecule has 0 atom stereocenters. The molecule has 14 rings (SSSR count). The quantitative estimate of drug-likeness (QED) is 0.142. The molecule has 1 spiro atoms. The highest BCUT2D eigenvalue weighted by molar-refractivity contribution is 6.13. The van der Waals surface area contributed by atoms with Crippen molar-refractivity contribution in [2.24, 2.45) is 0 Å². The van der Waals surface area contributed by atoms with Crippen molar-refractivity contribution in [1.29, 1.82) is 0 Å². The van der Waals surface area contributed by atoms with E-state index in [2.05, 4.69) is 195 Å². The summed E-state index contributed by atoms with van der Waals surface area (Å²) in [6, 6.07) is 67.3. The maximum atomic E-state index is 16.5. The van der Waals surface area contributed by atoms with Crippen LogP contribution in [-0.2, 0) is 34.0 Å². The number of furan rings is 2. The summed E-state index contributed by atoms with van der Waals surface area (Å²) in [7, 11) is 0. The Morgan fingerprint density at radius 2 is 0.753 bits per heavy atom. The average Bonchev–Trinajstić information content (AvgIpc) is 2.04. The first-order valence-corrected chi connectivity index (χ1v) is 29.2. The Morgan fingerprint density at radius 1 is 0.376 bits per heavy atom. The Bertz CT molecular complexity index is 4650. The monoisotopic (exact) mass is 1130 g/mol. The molecular formula is C76H63F5N2O2. The lowest BCUT2D eigenvalue weighted by Crippen LogP contribution is -2.40. The van der Waals surface area contributed by atoms with Gasteiger partial charge in [-0.25, -0.2) is 0 Å². The molecule has 12 aromatic rings. The fourth-order valence-electron chi connectivity index (χ4n) is 14.2. The van der Waals surface area contributed by atoms with E-state index in [0.29, 0.717) is 27.9 Å². The van der Waals surface area contributed by atoms with Crippen LogP contribution in [0.1, 0.15) is 118 Å². The van der Waals surface area contributed by atoms with Gasteiger partial charge in [-0.15, -0.1) is 0 Å². The van der Waals surface area contributed by atoms with Crippen molar-refractivity contribution in [2.45, 2.75) is 102 Å². The topological polar surface area (TPSA) is 32.8 Å². The van der Waals surface area contributed by atoms with Gasteiger partial charge in [-0.3, -0.25) is 0 Å². The van der Waals surface area contributed by atoms with Crippen LogP contribution in [0.5, 0.6) is 0 Å². The SMILES string of the molecule is CCc1ccccc1N(c1ccc2c(c1)C1(c3cc(N(c4ccccc4C(F)(F)C(F)(F)F)c4cccc5c4oc4c(C(C)(C)C)cccc45)ccc3-2)c2ccccc2C(C)(C)c2ccccc21)c1cccc2c1oc1c(C(C)(C)C)cccc12. The molecule has 2 aliphatic carbocycles. The van der Waals surface area contributed by atoms with Gasteiger partial charge in [0.15, 0.2) is 11.2 Å². The number of alkyl halides is 5. The Kier molecular flexibility index (Phi) is 11.9.